The Hall–Kier alpha value is -3.88. The van der Waals surface area contributed by atoms with E-state index >= 15 is 0 Å². The van der Waals surface area contributed by atoms with Crippen molar-refractivity contribution in [1.82, 2.24) is 0 Å². The number of carbonyl (C=O) groups excluding carboxylic acids is 1. The fourth-order valence-corrected chi connectivity index (χ4v) is 3.73. The van der Waals surface area contributed by atoms with Gasteiger partial charge in [-0.2, -0.15) is 5.26 Å². The number of para-hydroxylation sites is 1. The Morgan fingerprint density at radius 2 is 1.66 bits per heavy atom. The Balaban J connectivity index is 1.72. The highest BCUT2D eigenvalue weighted by molar-refractivity contribution is 9.10. The lowest BCUT2D eigenvalue weighted by atomic mass is 10.0. The molecule has 5 heteroatoms. The number of carbonyl (C=O) groups is 1. The van der Waals surface area contributed by atoms with Gasteiger partial charge in [0.2, 0.25) is 0 Å². The molecule has 0 aromatic heterocycles. The average molecular weight is 483 g/mol. The molecule has 1 amide bonds. The number of anilines is 1. The van der Waals surface area contributed by atoms with Crippen LogP contribution in [0.5, 0.6) is 5.75 Å². The van der Waals surface area contributed by atoms with Gasteiger partial charge in [-0.05, 0) is 41.1 Å². The lowest BCUT2D eigenvalue weighted by Gasteiger charge is -2.13. The number of fused-ring (bicyclic) bond motifs is 1. The standard InChI is InChI=1S/C27H19BrN2O2/c28-25-13-7-5-9-20(25)18-32-26-15-14-19-8-4-6-12-23(19)24(26)16-21(17-29)27(31)30-22-10-2-1-3-11-22/h1-16H,18H2,(H,30,31)/b21-16+. The van der Waals surface area contributed by atoms with Crippen molar-refractivity contribution in [2.24, 2.45) is 0 Å². The van der Waals surface area contributed by atoms with E-state index < -0.39 is 5.91 Å². The molecule has 156 valence electrons. The fraction of sp³-hybridized carbons (Fsp3) is 0.0370. The Kier molecular flexibility index (Phi) is 6.64. The molecule has 0 radical (unpaired) electrons. The SMILES string of the molecule is N#C/C(=C\c1c(OCc2ccccc2Br)ccc2ccccc12)C(=O)Nc1ccccc1. The van der Waals surface area contributed by atoms with Crippen LogP contribution in [0.25, 0.3) is 16.8 Å². The first-order chi connectivity index (χ1) is 15.7. The first-order valence-electron chi connectivity index (χ1n) is 10.0. The molecule has 0 atom stereocenters. The molecule has 1 N–H and O–H groups in total. The quantitative estimate of drug-likeness (QED) is 0.244. The van der Waals surface area contributed by atoms with Crippen molar-refractivity contribution in [3.8, 4) is 11.8 Å². The summed E-state index contributed by atoms with van der Waals surface area (Å²) in [4.78, 5) is 12.8. The third kappa shape index (κ3) is 4.88. The zero-order valence-corrected chi connectivity index (χ0v) is 18.7. The van der Waals surface area contributed by atoms with Crippen LogP contribution in [0.15, 0.2) is 101 Å². The van der Waals surface area contributed by atoms with Gasteiger partial charge < -0.3 is 10.1 Å². The van der Waals surface area contributed by atoms with Gasteiger partial charge in [-0.3, -0.25) is 4.79 Å². The lowest BCUT2D eigenvalue weighted by Crippen LogP contribution is -2.13. The Morgan fingerprint density at radius 3 is 2.44 bits per heavy atom. The number of hydrogen-bond donors (Lipinski definition) is 1. The van der Waals surface area contributed by atoms with Crippen molar-refractivity contribution in [3.63, 3.8) is 0 Å². The van der Waals surface area contributed by atoms with Gasteiger partial charge in [-0.1, -0.05) is 82.7 Å². The highest BCUT2D eigenvalue weighted by atomic mass is 79.9. The summed E-state index contributed by atoms with van der Waals surface area (Å²) in [5, 5.41) is 14.4. The summed E-state index contributed by atoms with van der Waals surface area (Å²) in [7, 11) is 0. The summed E-state index contributed by atoms with van der Waals surface area (Å²) in [5.41, 5.74) is 2.31. The third-order valence-corrected chi connectivity index (χ3v) is 5.73. The number of amides is 1. The van der Waals surface area contributed by atoms with E-state index in [2.05, 4.69) is 21.2 Å². The second kappa shape index (κ2) is 9.95. The first-order valence-corrected chi connectivity index (χ1v) is 10.8. The van der Waals surface area contributed by atoms with Crippen LogP contribution in [0.2, 0.25) is 0 Å². The number of benzene rings is 4. The van der Waals surface area contributed by atoms with Crippen LogP contribution < -0.4 is 10.1 Å². The molecular weight excluding hydrogens is 464 g/mol. The van der Waals surface area contributed by atoms with Gasteiger partial charge in [0.05, 0.1) is 0 Å². The zero-order valence-electron chi connectivity index (χ0n) is 17.1. The lowest BCUT2D eigenvalue weighted by molar-refractivity contribution is -0.112. The van der Waals surface area contributed by atoms with E-state index in [-0.39, 0.29) is 5.57 Å². The van der Waals surface area contributed by atoms with E-state index in [9.17, 15) is 10.1 Å². The molecule has 4 rings (SSSR count). The van der Waals surface area contributed by atoms with Crippen molar-refractivity contribution in [2.45, 2.75) is 6.61 Å². The van der Waals surface area contributed by atoms with Crippen LogP contribution >= 0.6 is 15.9 Å². The summed E-state index contributed by atoms with van der Waals surface area (Å²) in [5.74, 6) is 0.128. The number of ether oxygens (including phenoxy) is 1. The van der Waals surface area contributed by atoms with E-state index in [1.807, 2.05) is 84.9 Å². The van der Waals surface area contributed by atoms with Crippen molar-refractivity contribution >= 4 is 44.4 Å². The van der Waals surface area contributed by atoms with Crippen molar-refractivity contribution in [2.75, 3.05) is 5.32 Å². The normalized spacial score (nSPS) is 11.1. The number of nitriles is 1. The topological polar surface area (TPSA) is 62.1 Å². The van der Waals surface area contributed by atoms with Crippen LogP contribution in [-0.2, 0) is 11.4 Å². The third-order valence-electron chi connectivity index (χ3n) is 4.96. The van der Waals surface area contributed by atoms with Crippen molar-refractivity contribution in [1.29, 1.82) is 5.26 Å². The smallest absolute Gasteiger partial charge is 0.266 e. The summed E-state index contributed by atoms with van der Waals surface area (Å²) in [6.07, 6.45) is 1.59. The van der Waals surface area contributed by atoms with Crippen LogP contribution in [0, 0.1) is 11.3 Å². The molecule has 32 heavy (non-hydrogen) atoms. The van der Waals surface area contributed by atoms with Crippen molar-refractivity contribution in [3.05, 3.63) is 112 Å². The van der Waals surface area contributed by atoms with Gasteiger partial charge in [-0.15, -0.1) is 0 Å². The maximum Gasteiger partial charge on any atom is 0.266 e. The molecule has 4 aromatic rings. The fourth-order valence-electron chi connectivity index (χ4n) is 3.33. The predicted octanol–water partition coefficient (Wildman–Crippen LogP) is 6.73. The highest BCUT2D eigenvalue weighted by Crippen LogP contribution is 2.31. The molecule has 0 fully saturated rings. The van der Waals surface area contributed by atoms with Crippen LogP contribution in [0.4, 0.5) is 5.69 Å². The van der Waals surface area contributed by atoms with E-state index in [0.717, 1.165) is 20.8 Å². The van der Waals surface area contributed by atoms with Crippen LogP contribution in [0.3, 0.4) is 0 Å². The predicted molar refractivity (Wildman–Crippen MR) is 131 cm³/mol. The summed E-state index contributed by atoms with van der Waals surface area (Å²) in [6.45, 7) is 0.346. The minimum absolute atomic E-state index is 0.00375. The zero-order chi connectivity index (χ0) is 22.3. The van der Waals surface area contributed by atoms with Gasteiger partial charge in [0, 0.05) is 21.3 Å². The number of nitrogens with one attached hydrogen (secondary N) is 1. The van der Waals surface area contributed by atoms with Crippen LogP contribution in [0.1, 0.15) is 11.1 Å². The van der Waals surface area contributed by atoms with Gasteiger partial charge in [0.1, 0.15) is 24.0 Å². The number of nitrogens with zero attached hydrogens (tertiary/aromatic N) is 1. The van der Waals surface area contributed by atoms with E-state index in [1.54, 1.807) is 18.2 Å². The highest BCUT2D eigenvalue weighted by Gasteiger charge is 2.14. The molecule has 0 bridgehead atoms. The maximum absolute atomic E-state index is 12.8. The molecule has 0 aliphatic rings. The minimum Gasteiger partial charge on any atom is -0.488 e. The summed E-state index contributed by atoms with van der Waals surface area (Å²) < 4.78 is 7.10. The molecule has 0 heterocycles. The maximum atomic E-state index is 12.8. The number of rotatable bonds is 6. The first kappa shape index (κ1) is 21.4. The summed E-state index contributed by atoms with van der Waals surface area (Å²) in [6, 6.07) is 30.6. The second-order valence-corrected chi connectivity index (χ2v) is 7.92. The molecule has 0 spiro atoms. The average Bonchev–Trinajstić information content (AvgIpc) is 2.83. The van der Waals surface area contributed by atoms with Crippen LogP contribution in [-0.4, -0.2) is 5.91 Å². The Morgan fingerprint density at radius 1 is 0.938 bits per heavy atom. The summed E-state index contributed by atoms with van der Waals surface area (Å²) >= 11 is 3.54. The number of hydrogen-bond acceptors (Lipinski definition) is 3. The van der Waals surface area contributed by atoms with Gasteiger partial charge in [0.25, 0.3) is 5.91 Å². The van der Waals surface area contributed by atoms with Gasteiger partial charge in [0.15, 0.2) is 0 Å². The molecule has 0 aliphatic heterocycles. The molecule has 0 aliphatic carbocycles. The number of halogens is 1. The minimum atomic E-state index is -0.469. The van der Waals surface area contributed by atoms with Gasteiger partial charge in [-0.25, -0.2) is 0 Å². The molecule has 0 saturated heterocycles. The Labute approximate surface area is 194 Å². The molecule has 0 saturated carbocycles. The molecular formula is C27H19BrN2O2. The second-order valence-electron chi connectivity index (χ2n) is 7.07. The molecule has 4 aromatic carbocycles. The van der Waals surface area contributed by atoms with E-state index in [0.29, 0.717) is 23.6 Å². The molecule has 0 unspecified atom stereocenters. The molecule has 4 nitrogen and oxygen atoms in total. The van der Waals surface area contributed by atoms with E-state index in [1.165, 1.54) is 0 Å². The van der Waals surface area contributed by atoms with E-state index in [4.69, 9.17) is 4.74 Å². The Bertz CT molecular complexity index is 1340. The largest absolute Gasteiger partial charge is 0.488 e. The van der Waals surface area contributed by atoms with Gasteiger partial charge >= 0.3 is 0 Å². The monoisotopic (exact) mass is 482 g/mol. The van der Waals surface area contributed by atoms with Crippen molar-refractivity contribution < 1.29 is 9.53 Å².